The Hall–Kier alpha value is -1.60. The molecule has 2 aliphatic rings. The molecule has 1 heteroatoms. The first-order valence-electron chi connectivity index (χ1n) is 5.28. The van der Waals surface area contributed by atoms with E-state index in [0.717, 1.165) is 0 Å². The van der Waals surface area contributed by atoms with E-state index in [2.05, 4.69) is 48.6 Å². The Labute approximate surface area is 88.0 Å². The van der Waals surface area contributed by atoms with Gasteiger partial charge in [-0.05, 0) is 34.0 Å². The predicted molar refractivity (Wildman–Crippen MR) is 59.7 cm³/mol. The molecule has 4 rings (SSSR count). The standard InChI is InChI=1S/C14H10O/c1-2-4-10-8-12-11(7-9(10)3-1)13-5-6-14(12)15-13/h1-8,13-14H/t13-,14-/m0/s1. The molecule has 0 saturated carbocycles. The van der Waals surface area contributed by atoms with Crippen LogP contribution in [0.2, 0.25) is 0 Å². The van der Waals surface area contributed by atoms with E-state index in [1.165, 1.54) is 21.9 Å². The van der Waals surface area contributed by atoms with Crippen molar-refractivity contribution in [1.29, 1.82) is 0 Å². The van der Waals surface area contributed by atoms with Crippen LogP contribution in [0.3, 0.4) is 0 Å². The van der Waals surface area contributed by atoms with Crippen LogP contribution in [0.1, 0.15) is 23.3 Å². The van der Waals surface area contributed by atoms with Crippen LogP contribution in [0.5, 0.6) is 0 Å². The molecule has 0 aliphatic carbocycles. The first-order chi connectivity index (χ1) is 7.42. The van der Waals surface area contributed by atoms with Crippen molar-refractivity contribution in [3.63, 3.8) is 0 Å². The second-order valence-corrected chi connectivity index (χ2v) is 4.19. The summed E-state index contributed by atoms with van der Waals surface area (Å²) in [5.74, 6) is 0. The summed E-state index contributed by atoms with van der Waals surface area (Å²) < 4.78 is 5.80. The fourth-order valence-corrected chi connectivity index (χ4v) is 2.57. The lowest BCUT2D eigenvalue weighted by atomic mass is 9.93. The van der Waals surface area contributed by atoms with Crippen LogP contribution < -0.4 is 0 Å². The average molecular weight is 194 g/mol. The smallest absolute Gasteiger partial charge is 0.102 e. The number of benzene rings is 2. The number of hydrogen-bond acceptors (Lipinski definition) is 1. The van der Waals surface area contributed by atoms with E-state index in [4.69, 9.17) is 4.74 Å². The van der Waals surface area contributed by atoms with Crippen molar-refractivity contribution in [3.05, 3.63) is 59.7 Å². The van der Waals surface area contributed by atoms with E-state index in [-0.39, 0.29) is 12.2 Å². The first kappa shape index (κ1) is 7.66. The van der Waals surface area contributed by atoms with Crippen molar-refractivity contribution >= 4 is 10.8 Å². The van der Waals surface area contributed by atoms with Crippen molar-refractivity contribution in [2.75, 3.05) is 0 Å². The Kier molecular flexibility index (Phi) is 1.28. The third-order valence-corrected chi connectivity index (χ3v) is 3.32. The minimum Gasteiger partial charge on any atom is -0.357 e. The molecular formula is C14H10O. The van der Waals surface area contributed by atoms with Crippen LogP contribution in [-0.2, 0) is 4.74 Å². The lowest BCUT2D eigenvalue weighted by molar-refractivity contribution is 0.0879. The fraction of sp³-hybridized carbons (Fsp3) is 0.143. The molecule has 2 atom stereocenters. The van der Waals surface area contributed by atoms with Gasteiger partial charge in [0.15, 0.2) is 0 Å². The molecule has 0 amide bonds. The molecule has 0 radical (unpaired) electrons. The number of fused-ring (bicyclic) bond motifs is 6. The molecule has 0 saturated heterocycles. The summed E-state index contributed by atoms with van der Waals surface area (Å²) in [4.78, 5) is 0. The highest BCUT2D eigenvalue weighted by atomic mass is 16.5. The van der Waals surface area contributed by atoms with Gasteiger partial charge in [0.05, 0.1) is 0 Å². The summed E-state index contributed by atoms with van der Waals surface area (Å²) in [5, 5.41) is 2.61. The van der Waals surface area contributed by atoms with Crippen molar-refractivity contribution < 1.29 is 4.74 Å². The van der Waals surface area contributed by atoms with E-state index in [9.17, 15) is 0 Å². The zero-order valence-electron chi connectivity index (χ0n) is 8.18. The normalized spacial score (nSPS) is 26.1. The van der Waals surface area contributed by atoms with Crippen molar-refractivity contribution in [1.82, 2.24) is 0 Å². The summed E-state index contributed by atoms with van der Waals surface area (Å²) in [6, 6.07) is 13.0. The summed E-state index contributed by atoms with van der Waals surface area (Å²) in [7, 11) is 0. The highest BCUT2D eigenvalue weighted by Crippen LogP contribution is 2.46. The van der Waals surface area contributed by atoms with E-state index in [1.54, 1.807) is 0 Å². The van der Waals surface area contributed by atoms with Crippen LogP contribution in [0, 0.1) is 0 Å². The van der Waals surface area contributed by atoms with Crippen molar-refractivity contribution in [3.8, 4) is 0 Å². The van der Waals surface area contributed by atoms with Gasteiger partial charge >= 0.3 is 0 Å². The molecule has 0 fully saturated rings. The van der Waals surface area contributed by atoms with E-state index < -0.39 is 0 Å². The largest absolute Gasteiger partial charge is 0.357 e. The molecule has 0 unspecified atom stereocenters. The number of hydrogen-bond donors (Lipinski definition) is 0. The van der Waals surface area contributed by atoms with Gasteiger partial charge in [0.25, 0.3) is 0 Å². The maximum absolute atomic E-state index is 5.80. The highest BCUT2D eigenvalue weighted by Gasteiger charge is 2.33. The quantitative estimate of drug-likeness (QED) is 0.583. The molecule has 2 aromatic carbocycles. The molecule has 2 heterocycles. The molecule has 2 bridgehead atoms. The predicted octanol–water partition coefficient (Wildman–Crippen LogP) is 3.52. The third-order valence-electron chi connectivity index (χ3n) is 3.32. The van der Waals surface area contributed by atoms with Crippen molar-refractivity contribution in [2.45, 2.75) is 12.2 Å². The molecule has 0 N–H and O–H groups in total. The number of ether oxygens (including phenoxy) is 1. The number of rotatable bonds is 0. The molecule has 15 heavy (non-hydrogen) atoms. The molecule has 2 aliphatic heterocycles. The van der Waals surface area contributed by atoms with Crippen LogP contribution in [-0.4, -0.2) is 0 Å². The van der Waals surface area contributed by atoms with Gasteiger partial charge in [0, 0.05) is 0 Å². The van der Waals surface area contributed by atoms with Gasteiger partial charge < -0.3 is 4.74 Å². The average Bonchev–Trinajstić information content (AvgIpc) is 2.87. The minimum absolute atomic E-state index is 0.203. The Morgan fingerprint density at radius 3 is 1.87 bits per heavy atom. The van der Waals surface area contributed by atoms with Gasteiger partial charge in [-0.1, -0.05) is 36.4 Å². The highest BCUT2D eigenvalue weighted by molar-refractivity contribution is 5.85. The summed E-state index contributed by atoms with van der Waals surface area (Å²) in [5.41, 5.74) is 2.70. The van der Waals surface area contributed by atoms with E-state index in [1.807, 2.05) is 0 Å². The monoisotopic (exact) mass is 194 g/mol. The first-order valence-corrected chi connectivity index (χ1v) is 5.28. The van der Waals surface area contributed by atoms with Gasteiger partial charge in [-0.15, -0.1) is 0 Å². The van der Waals surface area contributed by atoms with Crippen LogP contribution >= 0.6 is 0 Å². The molecule has 1 nitrogen and oxygen atoms in total. The Bertz CT molecular complexity index is 532. The molecule has 2 aromatic rings. The van der Waals surface area contributed by atoms with Crippen LogP contribution in [0.4, 0.5) is 0 Å². The van der Waals surface area contributed by atoms with Gasteiger partial charge in [-0.2, -0.15) is 0 Å². The van der Waals surface area contributed by atoms with E-state index >= 15 is 0 Å². The lowest BCUT2D eigenvalue weighted by Gasteiger charge is -2.08. The topological polar surface area (TPSA) is 9.23 Å². The fourth-order valence-electron chi connectivity index (χ4n) is 2.57. The van der Waals surface area contributed by atoms with Gasteiger partial charge in [-0.3, -0.25) is 0 Å². The van der Waals surface area contributed by atoms with Gasteiger partial charge in [0.1, 0.15) is 12.2 Å². The van der Waals surface area contributed by atoms with Crippen LogP contribution in [0.25, 0.3) is 10.8 Å². The van der Waals surface area contributed by atoms with Gasteiger partial charge in [0.2, 0.25) is 0 Å². The molecule has 0 aromatic heterocycles. The molecule has 72 valence electrons. The zero-order chi connectivity index (χ0) is 9.83. The zero-order valence-corrected chi connectivity index (χ0v) is 8.18. The molecular weight excluding hydrogens is 184 g/mol. The van der Waals surface area contributed by atoms with E-state index in [0.29, 0.717) is 0 Å². The van der Waals surface area contributed by atoms with Gasteiger partial charge in [-0.25, -0.2) is 0 Å². The summed E-state index contributed by atoms with van der Waals surface area (Å²) in [6.07, 6.45) is 4.72. The lowest BCUT2D eigenvalue weighted by Crippen LogP contribution is -1.92. The summed E-state index contributed by atoms with van der Waals surface area (Å²) >= 11 is 0. The minimum atomic E-state index is 0.203. The maximum atomic E-state index is 5.80. The summed E-state index contributed by atoms with van der Waals surface area (Å²) in [6.45, 7) is 0. The Morgan fingerprint density at radius 1 is 0.800 bits per heavy atom. The second-order valence-electron chi connectivity index (χ2n) is 4.19. The second kappa shape index (κ2) is 2.50. The maximum Gasteiger partial charge on any atom is 0.102 e. The molecule has 0 spiro atoms. The van der Waals surface area contributed by atoms with Crippen LogP contribution in [0.15, 0.2) is 48.6 Å². The Morgan fingerprint density at radius 2 is 1.33 bits per heavy atom. The van der Waals surface area contributed by atoms with Crippen molar-refractivity contribution in [2.24, 2.45) is 0 Å². The third kappa shape index (κ3) is 0.910. The Balaban J connectivity index is 2.09. The SMILES string of the molecule is C1=C[C@@H]2O[C@@H]1c1cc3ccccc3cc12.